The molecule has 0 saturated heterocycles. The van der Waals surface area contributed by atoms with Gasteiger partial charge in [0.25, 0.3) is 0 Å². The van der Waals surface area contributed by atoms with Gasteiger partial charge in [-0.25, -0.2) is 0 Å². The Balaban J connectivity index is 2.37. The van der Waals surface area contributed by atoms with Crippen LogP contribution >= 0.6 is 23.2 Å². The van der Waals surface area contributed by atoms with E-state index >= 15 is 0 Å². The van der Waals surface area contributed by atoms with Crippen LogP contribution in [0.2, 0.25) is 10.0 Å². The molecule has 1 aromatic carbocycles. The molecule has 0 aliphatic heterocycles. The smallest absolute Gasteiger partial charge is 0.219 e. The number of halogens is 2. The van der Waals surface area contributed by atoms with E-state index in [9.17, 15) is 4.79 Å². The van der Waals surface area contributed by atoms with E-state index in [0.29, 0.717) is 35.2 Å². The summed E-state index contributed by atoms with van der Waals surface area (Å²) in [4.78, 5) is 10.9. The fraction of sp³-hybridized carbons (Fsp3) is 0.364. The van der Waals surface area contributed by atoms with Crippen LogP contribution in [0.1, 0.15) is 12.8 Å². The van der Waals surface area contributed by atoms with E-state index < -0.39 is 0 Å². The quantitative estimate of drug-likeness (QED) is 0.828. The second-order valence-corrected chi connectivity index (χ2v) is 4.04. The van der Waals surface area contributed by atoms with Gasteiger partial charge in [-0.1, -0.05) is 23.2 Å². The molecule has 16 heavy (non-hydrogen) atoms. The summed E-state index contributed by atoms with van der Waals surface area (Å²) in [6.45, 7) is 0.438. The van der Waals surface area contributed by atoms with Crippen molar-refractivity contribution in [2.24, 2.45) is 0 Å². The van der Waals surface area contributed by atoms with Gasteiger partial charge in [-0.05, 0) is 18.6 Å². The van der Waals surface area contributed by atoms with Crippen molar-refractivity contribution >= 4 is 29.1 Å². The van der Waals surface area contributed by atoms with E-state index in [1.807, 2.05) is 0 Å². The van der Waals surface area contributed by atoms with Crippen molar-refractivity contribution in [3.05, 3.63) is 28.2 Å². The van der Waals surface area contributed by atoms with E-state index in [0.717, 1.165) is 0 Å². The lowest BCUT2D eigenvalue weighted by molar-refractivity contribution is -0.120. The van der Waals surface area contributed by atoms with Crippen molar-refractivity contribution in [3.8, 4) is 5.75 Å². The molecule has 0 spiro atoms. The molecule has 1 amide bonds. The minimum atomic E-state index is 0.000732. The Morgan fingerprint density at radius 3 is 2.88 bits per heavy atom. The summed E-state index contributed by atoms with van der Waals surface area (Å²) in [5.41, 5.74) is 0. The van der Waals surface area contributed by atoms with Crippen LogP contribution < -0.4 is 10.1 Å². The molecule has 0 heterocycles. The van der Waals surface area contributed by atoms with Crippen molar-refractivity contribution in [3.63, 3.8) is 0 Å². The molecule has 1 rings (SSSR count). The summed E-state index contributed by atoms with van der Waals surface area (Å²) in [5.74, 6) is 0.548. The number of nitrogens with one attached hydrogen (secondary N) is 1. The number of amides is 1. The lowest BCUT2D eigenvalue weighted by Crippen LogP contribution is -2.18. The summed E-state index contributed by atoms with van der Waals surface area (Å²) in [5, 5.41) is 3.64. The minimum Gasteiger partial charge on any atom is -0.492 e. The molecule has 0 aliphatic carbocycles. The van der Waals surface area contributed by atoms with Gasteiger partial charge in [0, 0.05) is 24.6 Å². The first kappa shape index (κ1) is 13.1. The first-order valence-corrected chi connectivity index (χ1v) is 5.67. The Bertz CT molecular complexity index is 369. The normalized spacial score (nSPS) is 9.94. The summed E-state index contributed by atoms with van der Waals surface area (Å²) in [6, 6.07) is 5.03. The predicted molar refractivity (Wildman–Crippen MR) is 65.3 cm³/mol. The monoisotopic (exact) mass is 261 g/mol. The maximum absolute atomic E-state index is 10.9. The van der Waals surface area contributed by atoms with E-state index in [1.165, 1.54) is 0 Å². The van der Waals surface area contributed by atoms with Gasteiger partial charge >= 0.3 is 0 Å². The number of hydrogen-bond acceptors (Lipinski definition) is 2. The maximum atomic E-state index is 10.9. The minimum absolute atomic E-state index is 0.000732. The Morgan fingerprint density at radius 1 is 1.44 bits per heavy atom. The average molecular weight is 262 g/mol. The first-order chi connectivity index (χ1) is 7.63. The van der Waals surface area contributed by atoms with Crippen LogP contribution in [0.5, 0.6) is 5.75 Å². The van der Waals surface area contributed by atoms with Crippen molar-refractivity contribution in [2.75, 3.05) is 13.7 Å². The predicted octanol–water partition coefficient (Wildman–Crippen LogP) is 2.90. The summed E-state index contributed by atoms with van der Waals surface area (Å²) in [7, 11) is 1.61. The van der Waals surface area contributed by atoms with E-state index in [-0.39, 0.29) is 5.91 Å². The van der Waals surface area contributed by atoms with Crippen LogP contribution in [0.3, 0.4) is 0 Å². The molecule has 3 nitrogen and oxygen atoms in total. The second kappa shape index (κ2) is 6.61. The standard InChI is InChI=1S/C11H13Cl2NO2/c1-14-11(15)3-2-6-16-10-7-8(12)4-5-9(10)13/h4-5,7H,2-3,6H2,1H3,(H,14,15). The van der Waals surface area contributed by atoms with Crippen molar-refractivity contribution < 1.29 is 9.53 Å². The number of benzene rings is 1. The zero-order valence-corrected chi connectivity index (χ0v) is 10.4. The largest absolute Gasteiger partial charge is 0.492 e. The molecule has 1 N–H and O–H groups in total. The van der Waals surface area contributed by atoms with Gasteiger partial charge in [0.05, 0.1) is 11.6 Å². The molecular weight excluding hydrogens is 249 g/mol. The molecule has 0 aromatic heterocycles. The van der Waals surface area contributed by atoms with Gasteiger partial charge in [-0.3, -0.25) is 4.79 Å². The zero-order chi connectivity index (χ0) is 12.0. The Labute approximate surface area is 105 Å². The molecule has 1 aromatic rings. The van der Waals surface area contributed by atoms with Crippen LogP contribution in [-0.4, -0.2) is 19.6 Å². The Morgan fingerprint density at radius 2 is 2.19 bits per heavy atom. The fourth-order valence-corrected chi connectivity index (χ4v) is 1.46. The number of hydrogen-bond donors (Lipinski definition) is 1. The molecule has 0 unspecified atom stereocenters. The second-order valence-electron chi connectivity index (χ2n) is 3.20. The zero-order valence-electron chi connectivity index (χ0n) is 8.93. The maximum Gasteiger partial charge on any atom is 0.219 e. The molecule has 88 valence electrons. The van der Waals surface area contributed by atoms with Gasteiger partial charge in [-0.15, -0.1) is 0 Å². The third kappa shape index (κ3) is 4.29. The highest BCUT2D eigenvalue weighted by molar-refractivity contribution is 6.34. The fourth-order valence-electron chi connectivity index (χ4n) is 1.13. The topological polar surface area (TPSA) is 38.3 Å². The molecule has 0 saturated carbocycles. The van der Waals surface area contributed by atoms with E-state index in [4.69, 9.17) is 27.9 Å². The average Bonchev–Trinajstić information content (AvgIpc) is 2.28. The van der Waals surface area contributed by atoms with Gasteiger partial charge in [0.1, 0.15) is 5.75 Å². The molecule has 0 aliphatic rings. The SMILES string of the molecule is CNC(=O)CCCOc1cc(Cl)ccc1Cl. The number of carbonyl (C=O) groups excluding carboxylic acids is 1. The molecule has 0 fully saturated rings. The van der Waals surface area contributed by atoms with Gasteiger partial charge < -0.3 is 10.1 Å². The van der Waals surface area contributed by atoms with Crippen LogP contribution in [0.4, 0.5) is 0 Å². The lowest BCUT2D eigenvalue weighted by Gasteiger charge is -2.07. The van der Waals surface area contributed by atoms with Crippen molar-refractivity contribution in [1.29, 1.82) is 0 Å². The molecule has 0 radical (unpaired) electrons. The Kier molecular flexibility index (Phi) is 5.43. The van der Waals surface area contributed by atoms with Gasteiger partial charge in [0.15, 0.2) is 0 Å². The van der Waals surface area contributed by atoms with E-state index in [1.54, 1.807) is 25.2 Å². The molecule has 5 heteroatoms. The lowest BCUT2D eigenvalue weighted by atomic mass is 10.3. The van der Waals surface area contributed by atoms with Crippen LogP contribution in [-0.2, 0) is 4.79 Å². The summed E-state index contributed by atoms with van der Waals surface area (Å²) in [6.07, 6.45) is 1.08. The summed E-state index contributed by atoms with van der Waals surface area (Å²) < 4.78 is 5.42. The number of carbonyl (C=O) groups is 1. The molecule has 0 atom stereocenters. The van der Waals surface area contributed by atoms with Crippen LogP contribution in [0.25, 0.3) is 0 Å². The Hall–Kier alpha value is -0.930. The third-order valence-electron chi connectivity index (χ3n) is 1.98. The van der Waals surface area contributed by atoms with Crippen molar-refractivity contribution in [1.82, 2.24) is 5.32 Å². The van der Waals surface area contributed by atoms with E-state index in [2.05, 4.69) is 5.32 Å². The highest BCUT2D eigenvalue weighted by Gasteiger charge is 2.03. The molecular formula is C11H13Cl2NO2. The van der Waals surface area contributed by atoms with Crippen LogP contribution in [0.15, 0.2) is 18.2 Å². The highest BCUT2D eigenvalue weighted by Crippen LogP contribution is 2.27. The molecule has 0 bridgehead atoms. The third-order valence-corrected chi connectivity index (χ3v) is 2.53. The van der Waals surface area contributed by atoms with Gasteiger partial charge in [0.2, 0.25) is 5.91 Å². The highest BCUT2D eigenvalue weighted by atomic mass is 35.5. The number of rotatable bonds is 5. The van der Waals surface area contributed by atoms with Crippen LogP contribution in [0, 0.1) is 0 Å². The summed E-state index contributed by atoms with van der Waals surface area (Å²) >= 11 is 11.7. The van der Waals surface area contributed by atoms with Crippen molar-refractivity contribution in [2.45, 2.75) is 12.8 Å². The number of ether oxygens (including phenoxy) is 1. The van der Waals surface area contributed by atoms with Gasteiger partial charge in [-0.2, -0.15) is 0 Å². The first-order valence-electron chi connectivity index (χ1n) is 4.92.